The maximum absolute atomic E-state index is 10.8. The van der Waals surface area contributed by atoms with Gasteiger partial charge >= 0.3 is 11.9 Å². The van der Waals surface area contributed by atoms with Gasteiger partial charge in [-0.2, -0.15) is 0 Å². The summed E-state index contributed by atoms with van der Waals surface area (Å²) in [7, 11) is 0. The molecule has 0 aromatic carbocycles. The first-order valence-electron chi connectivity index (χ1n) is 4.06. The number of rotatable bonds is 6. The predicted octanol–water partition coefficient (Wildman–Crippen LogP) is 0.585. The van der Waals surface area contributed by atoms with E-state index in [0.717, 1.165) is 6.08 Å². The normalized spacial score (nSPS) is 8.93. The van der Waals surface area contributed by atoms with Crippen molar-refractivity contribution in [1.82, 2.24) is 0 Å². The first kappa shape index (κ1) is 12.3. The lowest BCUT2D eigenvalue weighted by Gasteiger charge is -2.03. The second kappa shape index (κ2) is 6.82. The van der Waals surface area contributed by atoms with E-state index in [2.05, 4.69) is 16.1 Å². The van der Waals surface area contributed by atoms with Gasteiger partial charge in [0.05, 0.1) is 0 Å². The number of Topliss-reactive ketones (excluding diaryl/α,β-unsaturated/α-hetero) is 1. The third-order valence-corrected chi connectivity index (χ3v) is 1.32. The van der Waals surface area contributed by atoms with Crippen LogP contribution in [0.15, 0.2) is 12.7 Å². The summed E-state index contributed by atoms with van der Waals surface area (Å²) in [4.78, 5) is 32.0. The van der Waals surface area contributed by atoms with Crippen LogP contribution in [0.3, 0.4) is 0 Å². The van der Waals surface area contributed by atoms with Crippen LogP contribution in [0, 0.1) is 0 Å². The average Bonchev–Trinajstić information content (AvgIpc) is 2.17. The molecule has 0 aromatic heterocycles. The summed E-state index contributed by atoms with van der Waals surface area (Å²) in [5.74, 6) is -1.60. The molecule has 78 valence electrons. The van der Waals surface area contributed by atoms with Crippen molar-refractivity contribution in [3.63, 3.8) is 0 Å². The standard InChI is InChI=1S/C9H12O5/c1-3-7(10)5-9(12)14-6-13-8(11)4-2/h4H,2-3,5-6H2,1H3. The van der Waals surface area contributed by atoms with Crippen LogP contribution in [0.2, 0.25) is 0 Å². The summed E-state index contributed by atoms with van der Waals surface area (Å²) in [6.07, 6.45) is 0.939. The number of ketones is 1. The Labute approximate surface area is 81.7 Å². The Balaban J connectivity index is 3.59. The summed E-state index contributed by atoms with van der Waals surface area (Å²) in [6.45, 7) is 4.31. The van der Waals surface area contributed by atoms with E-state index in [1.165, 1.54) is 0 Å². The molecule has 0 amide bonds. The van der Waals surface area contributed by atoms with Crippen molar-refractivity contribution in [1.29, 1.82) is 0 Å². The van der Waals surface area contributed by atoms with E-state index >= 15 is 0 Å². The van der Waals surface area contributed by atoms with Crippen molar-refractivity contribution in [2.45, 2.75) is 19.8 Å². The van der Waals surface area contributed by atoms with E-state index < -0.39 is 18.7 Å². The van der Waals surface area contributed by atoms with Gasteiger partial charge in [0.15, 0.2) is 0 Å². The zero-order chi connectivity index (χ0) is 11.0. The Bertz CT molecular complexity index is 244. The molecule has 0 rings (SSSR count). The van der Waals surface area contributed by atoms with E-state index in [4.69, 9.17) is 0 Å². The van der Waals surface area contributed by atoms with Gasteiger partial charge in [0.2, 0.25) is 6.79 Å². The smallest absolute Gasteiger partial charge is 0.333 e. The molecule has 0 aromatic rings. The first-order valence-corrected chi connectivity index (χ1v) is 4.06. The van der Waals surface area contributed by atoms with Crippen molar-refractivity contribution in [3.8, 4) is 0 Å². The van der Waals surface area contributed by atoms with E-state index in [1.807, 2.05) is 0 Å². The molecule has 14 heavy (non-hydrogen) atoms. The van der Waals surface area contributed by atoms with Crippen molar-refractivity contribution in [2.75, 3.05) is 6.79 Å². The van der Waals surface area contributed by atoms with E-state index in [0.29, 0.717) is 0 Å². The molecule has 0 bridgehead atoms. The highest BCUT2D eigenvalue weighted by Gasteiger charge is 2.08. The van der Waals surface area contributed by atoms with Gasteiger partial charge in [-0.15, -0.1) is 0 Å². The van der Waals surface area contributed by atoms with Crippen LogP contribution < -0.4 is 0 Å². The number of esters is 2. The monoisotopic (exact) mass is 200 g/mol. The first-order chi connectivity index (χ1) is 6.60. The highest BCUT2D eigenvalue weighted by molar-refractivity contribution is 5.95. The Morgan fingerprint density at radius 3 is 2.43 bits per heavy atom. The molecule has 0 saturated heterocycles. The molecular formula is C9H12O5. The zero-order valence-corrected chi connectivity index (χ0v) is 7.95. The molecule has 0 saturated carbocycles. The van der Waals surface area contributed by atoms with E-state index in [9.17, 15) is 14.4 Å². The fourth-order valence-electron chi connectivity index (χ4n) is 0.549. The molecule has 0 fully saturated rings. The number of hydrogen-bond acceptors (Lipinski definition) is 5. The Kier molecular flexibility index (Phi) is 6.02. The lowest BCUT2D eigenvalue weighted by atomic mass is 10.2. The van der Waals surface area contributed by atoms with Gasteiger partial charge in [-0.05, 0) is 0 Å². The van der Waals surface area contributed by atoms with Crippen molar-refractivity contribution >= 4 is 17.7 Å². The summed E-state index contributed by atoms with van der Waals surface area (Å²) >= 11 is 0. The molecule has 0 aliphatic heterocycles. The van der Waals surface area contributed by atoms with Gasteiger partial charge in [0.1, 0.15) is 12.2 Å². The fourth-order valence-corrected chi connectivity index (χ4v) is 0.549. The molecule has 0 atom stereocenters. The van der Waals surface area contributed by atoms with Crippen molar-refractivity contribution in [2.24, 2.45) is 0 Å². The van der Waals surface area contributed by atoms with Crippen molar-refractivity contribution in [3.05, 3.63) is 12.7 Å². The average molecular weight is 200 g/mol. The third-order valence-electron chi connectivity index (χ3n) is 1.32. The lowest BCUT2D eigenvalue weighted by Crippen LogP contribution is -2.14. The van der Waals surface area contributed by atoms with Gasteiger partial charge in [-0.25, -0.2) is 4.79 Å². The molecule has 0 unspecified atom stereocenters. The van der Waals surface area contributed by atoms with Gasteiger partial charge in [0.25, 0.3) is 0 Å². The molecule has 0 heterocycles. The minimum atomic E-state index is -0.700. The molecule has 0 N–H and O–H groups in total. The molecule has 0 radical (unpaired) electrons. The largest absolute Gasteiger partial charge is 0.428 e. The molecular weight excluding hydrogens is 188 g/mol. The minimum Gasteiger partial charge on any atom is -0.428 e. The highest BCUT2D eigenvalue weighted by Crippen LogP contribution is 1.93. The summed E-state index contributed by atoms with van der Waals surface area (Å²) in [5, 5.41) is 0. The molecule has 0 spiro atoms. The van der Waals surface area contributed by atoms with Crippen LogP contribution in [0.5, 0.6) is 0 Å². The Hall–Kier alpha value is -1.65. The number of ether oxygens (including phenoxy) is 2. The lowest BCUT2D eigenvalue weighted by molar-refractivity contribution is -0.164. The van der Waals surface area contributed by atoms with Gasteiger partial charge in [-0.3, -0.25) is 9.59 Å². The van der Waals surface area contributed by atoms with Crippen LogP contribution >= 0.6 is 0 Å². The maximum Gasteiger partial charge on any atom is 0.333 e. The Morgan fingerprint density at radius 2 is 1.93 bits per heavy atom. The Morgan fingerprint density at radius 1 is 1.29 bits per heavy atom. The zero-order valence-electron chi connectivity index (χ0n) is 7.95. The third kappa shape index (κ3) is 5.93. The fraction of sp³-hybridized carbons (Fsp3) is 0.444. The van der Waals surface area contributed by atoms with Gasteiger partial charge in [0, 0.05) is 12.5 Å². The highest BCUT2D eigenvalue weighted by atomic mass is 16.7. The molecule has 5 heteroatoms. The molecule has 0 aliphatic rings. The number of hydrogen-bond donors (Lipinski definition) is 0. The number of carbonyl (C=O) groups is 3. The topological polar surface area (TPSA) is 69.7 Å². The van der Waals surface area contributed by atoms with Crippen LogP contribution in [0.25, 0.3) is 0 Å². The number of carbonyl (C=O) groups excluding carboxylic acids is 3. The quantitative estimate of drug-likeness (QED) is 0.271. The van der Waals surface area contributed by atoms with Crippen LogP contribution in [0.4, 0.5) is 0 Å². The van der Waals surface area contributed by atoms with Gasteiger partial charge < -0.3 is 9.47 Å². The molecule has 5 nitrogen and oxygen atoms in total. The van der Waals surface area contributed by atoms with Crippen LogP contribution in [-0.4, -0.2) is 24.5 Å². The van der Waals surface area contributed by atoms with Crippen LogP contribution in [0.1, 0.15) is 19.8 Å². The van der Waals surface area contributed by atoms with Crippen molar-refractivity contribution < 1.29 is 23.9 Å². The summed E-state index contributed by atoms with van der Waals surface area (Å²) in [6, 6.07) is 0. The SMILES string of the molecule is C=CC(=O)OCOC(=O)CC(=O)CC. The second-order valence-electron chi connectivity index (χ2n) is 2.37. The minimum absolute atomic E-state index is 0.218. The van der Waals surface area contributed by atoms with Crippen LogP contribution in [-0.2, 0) is 23.9 Å². The molecule has 0 aliphatic carbocycles. The van der Waals surface area contributed by atoms with E-state index in [-0.39, 0.29) is 18.6 Å². The maximum atomic E-state index is 10.8. The second-order valence-corrected chi connectivity index (χ2v) is 2.37. The summed E-state index contributed by atoms with van der Waals surface area (Å²) < 4.78 is 8.80. The summed E-state index contributed by atoms with van der Waals surface area (Å²) in [5.41, 5.74) is 0. The van der Waals surface area contributed by atoms with E-state index in [1.54, 1.807) is 6.92 Å². The van der Waals surface area contributed by atoms with Gasteiger partial charge in [-0.1, -0.05) is 13.5 Å². The predicted molar refractivity (Wildman–Crippen MR) is 47.2 cm³/mol.